The van der Waals surface area contributed by atoms with Crippen molar-refractivity contribution in [2.75, 3.05) is 11.9 Å². The lowest BCUT2D eigenvalue weighted by Crippen LogP contribution is -2.08. The van der Waals surface area contributed by atoms with E-state index in [-0.39, 0.29) is 0 Å². The van der Waals surface area contributed by atoms with Gasteiger partial charge in [0.2, 0.25) is 5.95 Å². The first-order valence-corrected chi connectivity index (χ1v) is 7.57. The SMILES string of the molecule is CCCNc1nc(-n2cc(I)cn2)c2ccccc2n1. The van der Waals surface area contributed by atoms with Gasteiger partial charge in [0.1, 0.15) is 0 Å². The van der Waals surface area contributed by atoms with Crippen molar-refractivity contribution in [1.82, 2.24) is 19.7 Å². The first-order chi connectivity index (χ1) is 9.78. The van der Waals surface area contributed by atoms with Crippen molar-refractivity contribution in [2.45, 2.75) is 13.3 Å². The van der Waals surface area contributed by atoms with Crippen LogP contribution in [0, 0.1) is 3.57 Å². The fourth-order valence-electron chi connectivity index (χ4n) is 1.97. The van der Waals surface area contributed by atoms with Crippen LogP contribution in [0.25, 0.3) is 16.7 Å². The van der Waals surface area contributed by atoms with Crippen molar-refractivity contribution in [3.8, 4) is 5.82 Å². The third-order valence-corrected chi connectivity index (χ3v) is 3.44. The molecule has 0 saturated carbocycles. The molecule has 0 aliphatic heterocycles. The van der Waals surface area contributed by atoms with Gasteiger partial charge in [-0.1, -0.05) is 19.1 Å². The summed E-state index contributed by atoms with van der Waals surface area (Å²) in [7, 11) is 0. The van der Waals surface area contributed by atoms with E-state index in [0.717, 1.165) is 33.3 Å². The zero-order chi connectivity index (χ0) is 13.9. The number of hydrogen-bond donors (Lipinski definition) is 1. The fraction of sp³-hybridized carbons (Fsp3) is 0.214. The molecule has 3 rings (SSSR count). The average Bonchev–Trinajstić information content (AvgIpc) is 2.90. The van der Waals surface area contributed by atoms with Crippen molar-refractivity contribution in [3.05, 3.63) is 40.2 Å². The summed E-state index contributed by atoms with van der Waals surface area (Å²) in [5.41, 5.74) is 0.918. The molecule has 1 N–H and O–H groups in total. The number of halogens is 1. The van der Waals surface area contributed by atoms with Gasteiger partial charge in [-0.3, -0.25) is 0 Å². The Kier molecular flexibility index (Phi) is 3.81. The molecule has 3 aromatic rings. The third-order valence-electron chi connectivity index (χ3n) is 2.88. The van der Waals surface area contributed by atoms with E-state index in [4.69, 9.17) is 0 Å². The van der Waals surface area contributed by atoms with Crippen LogP contribution in [-0.2, 0) is 0 Å². The number of rotatable bonds is 4. The molecule has 0 amide bonds. The highest BCUT2D eigenvalue weighted by Gasteiger charge is 2.09. The summed E-state index contributed by atoms with van der Waals surface area (Å²) in [4.78, 5) is 9.14. The number of hydrogen-bond acceptors (Lipinski definition) is 4. The maximum Gasteiger partial charge on any atom is 0.225 e. The van der Waals surface area contributed by atoms with Gasteiger partial charge in [-0.15, -0.1) is 0 Å². The molecule has 6 heteroatoms. The first kappa shape index (κ1) is 13.3. The number of fused-ring (bicyclic) bond motifs is 1. The number of anilines is 1. The minimum atomic E-state index is 0.644. The van der Waals surface area contributed by atoms with Crippen LogP contribution >= 0.6 is 22.6 Å². The third kappa shape index (κ3) is 2.60. The van der Waals surface area contributed by atoms with Gasteiger partial charge >= 0.3 is 0 Å². The second kappa shape index (κ2) is 5.74. The van der Waals surface area contributed by atoms with Gasteiger partial charge in [0.05, 0.1) is 15.3 Å². The Morgan fingerprint density at radius 2 is 2.10 bits per heavy atom. The van der Waals surface area contributed by atoms with E-state index in [1.807, 2.05) is 36.7 Å². The number of aromatic nitrogens is 4. The molecule has 2 heterocycles. The van der Waals surface area contributed by atoms with Gasteiger partial charge < -0.3 is 5.32 Å². The summed E-state index contributed by atoms with van der Waals surface area (Å²) < 4.78 is 2.87. The van der Waals surface area contributed by atoms with Gasteiger partial charge in [-0.05, 0) is 41.1 Å². The van der Waals surface area contributed by atoms with Crippen LogP contribution in [0.5, 0.6) is 0 Å². The molecule has 0 spiro atoms. The molecule has 20 heavy (non-hydrogen) atoms. The average molecular weight is 379 g/mol. The predicted octanol–water partition coefficient (Wildman–Crippen LogP) is 3.24. The van der Waals surface area contributed by atoms with Gasteiger partial charge in [0.25, 0.3) is 0 Å². The summed E-state index contributed by atoms with van der Waals surface area (Å²) in [6.07, 6.45) is 4.81. The number of nitrogens with zero attached hydrogens (tertiary/aromatic N) is 4. The summed E-state index contributed by atoms with van der Waals surface area (Å²) >= 11 is 2.24. The van der Waals surface area contributed by atoms with E-state index in [1.54, 1.807) is 4.68 Å². The Balaban J connectivity index is 2.17. The van der Waals surface area contributed by atoms with Gasteiger partial charge in [0.15, 0.2) is 5.82 Å². The molecule has 0 unspecified atom stereocenters. The van der Waals surface area contributed by atoms with Crippen molar-refractivity contribution in [2.24, 2.45) is 0 Å². The maximum atomic E-state index is 4.60. The highest BCUT2D eigenvalue weighted by Crippen LogP contribution is 2.21. The van der Waals surface area contributed by atoms with Crippen molar-refractivity contribution >= 4 is 39.4 Å². The highest BCUT2D eigenvalue weighted by molar-refractivity contribution is 14.1. The second-order valence-electron chi connectivity index (χ2n) is 4.42. The van der Waals surface area contributed by atoms with Gasteiger partial charge in [-0.2, -0.15) is 10.1 Å². The topological polar surface area (TPSA) is 55.6 Å². The van der Waals surface area contributed by atoms with E-state index in [9.17, 15) is 0 Å². The zero-order valence-corrected chi connectivity index (χ0v) is 13.2. The maximum absolute atomic E-state index is 4.60. The van der Waals surface area contributed by atoms with Crippen LogP contribution in [0.2, 0.25) is 0 Å². The monoisotopic (exact) mass is 379 g/mol. The summed E-state index contributed by atoms with van der Waals surface area (Å²) in [5, 5.41) is 8.58. The van der Waals surface area contributed by atoms with Crippen LogP contribution < -0.4 is 5.32 Å². The fourth-order valence-corrected chi connectivity index (χ4v) is 2.36. The number of benzene rings is 1. The molecule has 0 aliphatic rings. The van der Waals surface area contributed by atoms with Crippen LogP contribution in [0.15, 0.2) is 36.7 Å². The smallest absolute Gasteiger partial charge is 0.225 e. The Morgan fingerprint density at radius 3 is 2.85 bits per heavy atom. The lowest BCUT2D eigenvalue weighted by atomic mass is 10.2. The normalized spacial score (nSPS) is 10.9. The van der Waals surface area contributed by atoms with Gasteiger partial charge in [0, 0.05) is 18.1 Å². The minimum absolute atomic E-state index is 0.644. The van der Waals surface area contributed by atoms with E-state index < -0.39 is 0 Å². The van der Waals surface area contributed by atoms with E-state index >= 15 is 0 Å². The number of nitrogens with one attached hydrogen (secondary N) is 1. The number of para-hydroxylation sites is 1. The summed E-state index contributed by atoms with van der Waals surface area (Å²) in [6.45, 7) is 2.97. The van der Waals surface area contributed by atoms with Crippen LogP contribution in [0.3, 0.4) is 0 Å². The second-order valence-corrected chi connectivity index (χ2v) is 5.66. The standard InChI is InChI=1S/C14H14IN5/c1-2-7-16-14-18-12-6-4-3-5-11(12)13(19-14)20-9-10(15)8-17-20/h3-6,8-9H,2,7H2,1H3,(H,16,18,19). The van der Waals surface area contributed by atoms with Crippen molar-refractivity contribution < 1.29 is 0 Å². The Hall–Kier alpha value is -1.70. The summed E-state index contributed by atoms with van der Waals surface area (Å²) in [6, 6.07) is 7.98. The van der Waals surface area contributed by atoms with E-state index in [1.165, 1.54) is 0 Å². The Morgan fingerprint density at radius 1 is 1.25 bits per heavy atom. The molecule has 5 nitrogen and oxygen atoms in total. The molecule has 0 aliphatic carbocycles. The molecule has 102 valence electrons. The van der Waals surface area contributed by atoms with Crippen LogP contribution in [0.1, 0.15) is 13.3 Å². The molecule has 0 fully saturated rings. The largest absolute Gasteiger partial charge is 0.354 e. The van der Waals surface area contributed by atoms with E-state index in [2.05, 4.69) is 49.9 Å². The molecular weight excluding hydrogens is 365 g/mol. The molecule has 0 saturated heterocycles. The molecule has 0 radical (unpaired) electrons. The molecular formula is C14H14IN5. The van der Waals surface area contributed by atoms with Crippen molar-refractivity contribution in [3.63, 3.8) is 0 Å². The van der Waals surface area contributed by atoms with Crippen molar-refractivity contribution in [1.29, 1.82) is 0 Å². The Labute approximate surface area is 130 Å². The molecule has 0 bridgehead atoms. The first-order valence-electron chi connectivity index (χ1n) is 6.49. The van der Waals surface area contributed by atoms with Gasteiger partial charge in [-0.25, -0.2) is 9.67 Å². The minimum Gasteiger partial charge on any atom is -0.354 e. The molecule has 0 atom stereocenters. The molecule has 1 aromatic carbocycles. The zero-order valence-electron chi connectivity index (χ0n) is 11.0. The van der Waals surface area contributed by atoms with Crippen LogP contribution in [0.4, 0.5) is 5.95 Å². The van der Waals surface area contributed by atoms with E-state index in [0.29, 0.717) is 5.95 Å². The summed E-state index contributed by atoms with van der Waals surface area (Å²) in [5.74, 6) is 1.45. The quantitative estimate of drug-likeness (QED) is 0.708. The Bertz CT molecular complexity index is 737. The predicted molar refractivity (Wildman–Crippen MR) is 88.2 cm³/mol. The highest BCUT2D eigenvalue weighted by atomic mass is 127. The lowest BCUT2D eigenvalue weighted by Gasteiger charge is -2.09. The molecule has 2 aromatic heterocycles. The lowest BCUT2D eigenvalue weighted by molar-refractivity contribution is 0.848. The van der Waals surface area contributed by atoms with Crippen LogP contribution in [-0.4, -0.2) is 26.3 Å².